The summed E-state index contributed by atoms with van der Waals surface area (Å²) in [6, 6.07) is 5.95. The third-order valence-corrected chi connectivity index (χ3v) is 3.95. The number of nitrogens with two attached hydrogens (primary N) is 1. The first-order chi connectivity index (χ1) is 9.80. The first-order valence-corrected chi connectivity index (χ1v) is 7.37. The molecule has 20 heavy (non-hydrogen) atoms. The zero-order chi connectivity index (χ0) is 13.9. The molecule has 2 N–H and O–H groups in total. The van der Waals surface area contributed by atoms with E-state index in [1.54, 1.807) is 17.7 Å². The lowest BCUT2D eigenvalue weighted by atomic mass is 10.3. The molecule has 5 nitrogen and oxygen atoms in total. The Morgan fingerprint density at radius 3 is 3.10 bits per heavy atom. The predicted octanol–water partition coefficient (Wildman–Crippen LogP) is 2.52. The molecule has 104 valence electrons. The van der Waals surface area contributed by atoms with Gasteiger partial charge in [-0.1, -0.05) is 0 Å². The molecule has 0 atom stereocenters. The standard InChI is InChI=1S/C14H16N4OS/c1-2-19-10-3-4-11-13(7-10)20-14(17-11)12-8-18(6-5-15)9-16-12/h3-4,7-9H,2,5-6,15H2,1H3. The second-order valence-corrected chi connectivity index (χ2v) is 5.40. The number of ether oxygens (including phenoxy) is 1. The van der Waals surface area contributed by atoms with Crippen molar-refractivity contribution in [1.29, 1.82) is 0 Å². The Morgan fingerprint density at radius 1 is 1.40 bits per heavy atom. The number of fused-ring (bicyclic) bond motifs is 1. The SMILES string of the molecule is CCOc1ccc2nc(-c3cn(CCN)cn3)sc2c1. The highest BCUT2D eigenvalue weighted by molar-refractivity contribution is 7.21. The molecule has 2 aromatic heterocycles. The zero-order valence-electron chi connectivity index (χ0n) is 11.2. The van der Waals surface area contributed by atoms with E-state index in [2.05, 4.69) is 9.97 Å². The van der Waals surface area contributed by atoms with Crippen LogP contribution in [0.15, 0.2) is 30.7 Å². The van der Waals surface area contributed by atoms with Gasteiger partial charge < -0.3 is 15.0 Å². The van der Waals surface area contributed by atoms with Crippen LogP contribution < -0.4 is 10.5 Å². The second-order valence-electron chi connectivity index (χ2n) is 4.37. The Kier molecular flexibility index (Phi) is 3.66. The number of hydrogen-bond acceptors (Lipinski definition) is 5. The molecule has 0 amide bonds. The summed E-state index contributed by atoms with van der Waals surface area (Å²) in [5.41, 5.74) is 7.40. The molecule has 0 saturated carbocycles. The van der Waals surface area contributed by atoms with Crippen LogP contribution in [0.4, 0.5) is 0 Å². The van der Waals surface area contributed by atoms with Crippen molar-refractivity contribution in [1.82, 2.24) is 14.5 Å². The van der Waals surface area contributed by atoms with Gasteiger partial charge in [-0.05, 0) is 25.1 Å². The van der Waals surface area contributed by atoms with Crippen molar-refractivity contribution in [3.63, 3.8) is 0 Å². The zero-order valence-corrected chi connectivity index (χ0v) is 12.1. The number of hydrogen-bond donors (Lipinski definition) is 1. The highest BCUT2D eigenvalue weighted by Crippen LogP contribution is 2.31. The lowest BCUT2D eigenvalue weighted by Gasteiger charge is -2.00. The fourth-order valence-electron chi connectivity index (χ4n) is 2.01. The van der Waals surface area contributed by atoms with Crippen LogP contribution >= 0.6 is 11.3 Å². The van der Waals surface area contributed by atoms with Gasteiger partial charge >= 0.3 is 0 Å². The fourth-order valence-corrected chi connectivity index (χ4v) is 2.97. The molecule has 3 rings (SSSR count). The van der Waals surface area contributed by atoms with Crippen LogP contribution in [0.1, 0.15) is 6.92 Å². The van der Waals surface area contributed by atoms with E-state index in [-0.39, 0.29) is 0 Å². The lowest BCUT2D eigenvalue weighted by Crippen LogP contribution is -2.07. The van der Waals surface area contributed by atoms with E-state index in [1.165, 1.54) is 0 Å². The molecule has 0 aliphatic rings. The summed E-state index contributed by atoms with van der Waals surface area (Å²) in [6.45, 7) is 4.02. The van der Waals surface area contributed by atoms with Crippen molar-refractivity contribution in [2.75, 3.05) is 13.2 Å². The predicted molar refractivity (Wildman–Crippen MR) is 81.1 cm³/mol. The van der Waals surface area contributed by atoms with Gasteiger partial charge in [-0.15, -0.1) is 11.3 Å². The summed E-state index contributed by atoms with van der Waals surface area (Å²) >= 11 is 1.62. The summed E-state index contributed by atoms with van der Waals surface area (Å²) in [7, 11) is 0. The largest absolute Gasteiger partial charge is 0.494 e. The van der Waals surface area contributed by atoms with Crippen LogP contribution in [0.3, 0.4) is 0 Å². The van der Waals surface area contributed by atoms with Crippen LogP contribution in [-0.4, -0.2) is 27.7 Å². The average Bonchev–Trinajstić information content (AvgIpc) is 3.05. The molecule has 1 aromatic carbocycles. The van der Waals surface area contributed by atoms with Crippen LogP contribution in [0.2, 0.25) is 0 Å². The van der Waals surface area contributed by atoms with Crippen LogP contribution in [0, 0.1) is 0 Å². The number of nitrogens with zero attached hydrogens (tertiary/aromatic N) is 3. The minimum Gasteiger partial charge on any atom is -0.494 e. The molecule has 0 unspecified atom stereocenters. The van der Waals surface area contributed by atoms with Gasteiger partial charge in [-0.3, -0.25) is 0 Å². The van der Waals surface area contributed by atoms with Crippen molar-refractivity contribution in [2.45, 2.75) is 13.5 Å². The summed E-state index contributed by atoms with van der Waals surface area (Å²) < 4.78 is 8.60. The summed E-state index contributed by atoms with van der Waals surface area (Å²) in [6.07, 6.45) is 3.77. The molecule has 3 aromatic rings. The first-order valence-electron chi connectivity index (χ1n) is 6.55. The second kappa shape index (κ2) is 5.60. The van der Waals surface area contributed by atoms with Gasteiger partial charge in [0.2, 0.25) is 0 Å². The van der Waals surface area contributed by atoms with Crippen molar-refractivity contribution < 1.29 is 4.74 Å². The van der Waals surface area contributed by atoms with E-state index in [4.69, 9.17) is 10.5 Å². The van der Waals surface area contributed by atoms with E-state index in [1.807, 2.05) is 35.9 Å². The van der Waals surface area contributed by atoms with E-state index < -0.39 is 0 Å². The van der Waals surface area contributed by atoms with Crippen LogP contribution in [0.25, 0.3) is 20.9 Å². The minimum absolute atomic E-state index is 0.605. The van der Waals surface area contributed by atoms with Crippen LogP contribution in [-0.2, 0) is 6.54 Å². The molecule has 0 radical (unpaired) electrons. The van der Waals surface area contributed by atoms with Crippen molar-refractivity contribution >= 4 is 21.6 Å². The Morgan fingerprint density at radius 2 is 2.30 bits per heavy atom. The van der Waals surface area contributed by atoms with Crippen molar-refractivity contribution in [3.8, 4) is 16.5 Å². The van der Waals surface area contributed by atoms with Gasteiger partial charge in [0.15, 0.2) is 0 Å². The Labute approximate surface area is 121 Å². The molecule has 2 heterocycles. The normalized spacial score (nSPS) is 11.1. The first kappa shape index (κ1) is 13.1. The summed E-state index contributed by atoms with van der Waals surface area (Å²) in [5.74, 6) is 0.879. The van der Waals surface area contributed by atoms with Crippen LogP contribution in [0.5, 0.6) is 5.75 Å². The average molecular weight is 288 g/mol. The third-order valence-electron chi connectivity index (χ3n) is 2.91. The Hall–Kier alpha value is -1.92. The molecule has 0 bridgehead atoms. The number of imidazole rings is 1. The maximum atomic E-state index is 5.54. The molecule has 0 aliphatic heterocycles. The monoisotopic (exact) mass is 288 g/mol. The van der Waals surface area contributed by atoms with Gasteiger partial charge in [-0.2, -0.15) is 0 Å². The smallest absolute Gasteiger partial charge is 0.144 e. The fraction of sp³-hybridized carbons (Fsp3) is 0.286. The summed E-state index contributed by atoms with van der Waals surface area (Å²) in [5, 5.41) is 0.921. The van der Waals surface area contributed by atoms with Gasteiger partial charge in [0.05, 0.1) is 23.2 Å². The molecular formula is C14H16N4OS. The quantitative estimate of drug-likeness (QED) is 0.783. The van der Waals surface area contributed by atoms with Gasteiger partial charge in [0.1, 0.15) is 16.5 Å². The maximum Gasteiger partial charge on any atom is 0.144 e. The minimum atomic E-state index is 0.605. The molecule has 0 saturated heterocycles. The highest BCUT2D eigenvalue weighted by atomic mass is 32.1. The Balaban J connectivity index is 1.94. The topological polar surface area (TPSA) is 66.0 Å². The number of aromatic nitrogens is 3. The van der Waals surface area contributed by atoms with E-state index in [0.717, 1.165) is 33.2 Å². The number of benzene rings is 1. The number of thiazole rings is 1. The van der Waals surface area contributed by atoms with Gasteiger partial charge in [-0.25, -0.2) is 9.97 Å². The van der Waals surface area contributed by atoms with E-state index in [9.17, 15) is 0 Å². The molecular weight excluding hydrogens is 272 g/mol. The molecule has 0 fully saturated rings. The van der Waals surface area contributed by atoms with E-state index >= 15 is 0 Å². The molecule has 0 spiro atoms. The lowest BCUT2D eigenvalue weighted by molar-refractivity contribution is 0.341. The van der Waals surface area contributed by atoms with E-state index in [0.29, 0.717) is 13.2 Å². The molecule has 6 heteroatoms. The molecule has 0 aliphatic carbocycles. The number of rotatable bonds is 5. The van der Waals surface area contributed by atoms with Crippen molar-refractivity contribution in [3.05, 3.63) is 30.7 Å². The van der Waals surface area contributed by atoms with Crippen molar-refractivity contribution in [2.24, 2.45) is 5.73 Å². The maximum absolute atomic E-state index is 5.54. The Bertz CT molecular complexity index is 719. The summed E-state index contributed by atoms with van der Waals surface area (Å²) in [4.78, 5) is 9.00. The highest BCUT2D eigenvalue weighted by Gasteiger charge is 2.09. The van der Waals surface area contributed by atoms with Gasteiger partial charge in [0, 0.05) is 19.3 Å². The van der Waals surface area contributed by atoms with Gasteiger partial charge in [0.25, 0.3) is 0 Å². The third kappa shape index (κ3) is 2.52.